The van der Waals surface area contributed by atoms with Crippen molar-refractivity contribution in [2.45, 2.75) is 26.4 Å². The van der Waals surface area contributed by atoms with Crippen molar-refractivity contribution in [1.82, 2.24) is 0 Å². The first-order valence-corrected chi connectivity index (χ1v) is 10.4. The number of aryl methyl sites for hydroxylation is 1. The molecule has 0 bridgehead atoms. The van der Waals surface area contributed by atoms with Gasteiger partial charge in [0, 0.05) is 12.2 Å². The number of carbonyl (C=O) groups is 2. The zero-order chi connectivity index (χ0) is 23.0. The van der Waals surface area contributed by atoms with Crippen molar-refractivity contribution in [3.05, 3.63) is 131 Å². The summed E-state index contributed by atoms with van der Waals surface area (Å²) in [7, 11) is 0. The van der Waals surface area contributed by atoms with Gasteiger partial charge in [-0.25, -0.2) is 9.59 Å². The summed E-state index contributed by atoms with van der Waals surface area (Å²) in [6.07, 6.45) is 7.52. The number of hydrogen-bond donors (Lipinski definition) is 1. The number of carbonyl (C=O) groups excluding carboxylic acids is 1. The van der Waals surface area contributed by atoms with Crippen LogP contribution in [0.4, 0.5) is 0 Å². The summed E-state index contributed by atoms with van der Waals surface area (Å²) < 4.78 is 5.18. The fourth-order valence-corrected chi connectivity index (χ4v) is 2.70. The van der Waals surface area contributed by atoms with Crippen LogP contribution in [0.1, 0.15) is 22.3 Å². The second-order valence-corrected chi connectivity index (χ2v) is 7.12. The monoisotopic (exact) mass is 428 g/mol. The number of carboxylic acids is 1. The third-order valence-corrected chi connectivity index (χ3v) is 4.41. The minimum atomic E-state index is -0.897. The number of benzene rings is 3. The van der Waals surface area contributed by atoms with Crippen molar-refractivity contribution in [3.8, 4) is 0 Å². The lowest BCUT2D eigenvalue weighted by Crippen LogP contribution is -2.00. The average molecular weight is 429 g/mol. The van der Waals surface area contributed by atoms with Crippen LogP contribution < -0.4 is 0 Å². The number of carboxylic acid groups (broad SMARTS) is 1. The Balaban J connectivity index is 0.000000258. The number of esters is 1. The van der Waals surface area contributed by atoms with E-state index in [1.165, 1.54) is 17.2 Å². The molecule has 3 aromatic carbocycles. The molecule has 0 aromatic heterocycles. The number of allylic oxidation sites excluding steroid dienone is 2. The summed E-state index contributed by atoms with van der Waals surface area (Å²) >= 11 is 0. The molecule has 0 aliphatic carbocycles. The molecule has 164 valence electrons. The molecule has 0 spiro atoms. The highest BCUT2D eigenvalue weighted by Crippen LogP contribution is 2.05. The van der Waals surface area contributed by atoms with E-state index < -0.39 is 5.97 Å². The lowest BCUT2D eigenvalue weighted by atomic mass is 10.1. The van der Waals surface area contributed by atoms with E-state index in [0.717, 1.165) is 23.6 Å². The van der Waals surface area contributed by atoms with E-state index in [4.69, 9.17) is 9.84 Å². The van der Waals surface area contributed by atoms with Gasteiger partial charge in [-0.3, -0.25) is 0 Å². The fraction of sp³-hybridized carbons (Fsp3) is 0.143. The third kappa shape index (κ3) is 10.7. The average Bonchev–Trinajstić information content (AvgIpc) is 2.80. The normalized spacial score (nSPS) is 10.5. The van der Waals surface area contributed by atoms with Gasteiger partial charge < -0.3 is 9.84 Å². The summed E-state index contributed by atoms with van der Waals surface area (Å²) in [4.78, 5) is 21.7. The molecule has 0 fully saturated rings. The standard InChI is InChI=1S/C18H18O2.C10H10O2/c1-15-10-12-17(13-11-15)14-20-18(19)9-5-8-16-6-3-2-4-7-16;11-10(12)8-4-7-9-5-2-1-3-6-9/h2-7,9-13H,8,14H2,1H3;1-6,8H,7H2,(H,11,12). The van der Waals surface area contributed by atoms with Gasteiger partial charge in [0.2, 0.25) is 0 Å². The fourth-order valence-electron chi connectivity index (χ4n) is 2.70. The summed E-state index contributed by atoms with van der Waals surface area (Å²) in [5, 5.41) is 8.30. The Kier molecular flexibility index (Phi) is 10.8. The molecule has 4 heteroatoms. The summed E-state index contributed by atoms with van der Waals surface area (Å²) in [5.41, 5.74) is 4.49. The minimum absolute atomic E-state index is 0.304. The molecule has 0 aliphatic heterocycles. The van der Waals surface area contributed by atoms with E-state index in [2.05, 4.69) is 0 Å². The molecule has 1 N–H and O–H groups in total. The number of aliphatic carboxylic acids is 1. The molecule has 0 unspecified atom stereocenters. The van der Waals surface area contributed by atoms with Crippen molar-refractivity contribution in [2.24, 2.45) is 0 Å². The van der Waals surface area contributed by atoms with Gasteiger partial charge in [0.1, 0.15) is 6.61 Å². The van der Waals surface area contributed by atoms with Crippen molar-refractivity contribution in [3.63, 3.8) is 0 Å². The molecule has 0 saturated heterocycles. The Hall–Kier alpha value is -3.92. The van der Waals surface area contributed by atoms with Crippen LogP contribution in [0, 0.1) is 6.92 Å². The second kappa shape index (κ2) is 14.1. The van der Waals surface area contributed by atoms with Crippen LogP contribution in [0.2, 0.25) is 0 Å². The molecular formula is C28H28O4. The Labute approximate surface area is 189 Å². The molecule has 0 saturated carbocycles. The Morgan fingerprint density at radius 1 is 0.719 bits per heavy atom. The molecule has 3 rings (SSSR count). The van der Waals surface area contributed by atoms with Crippen LogP contribution in [0.25, 0.3) is 0 Å². The lowest BCUT2D eigenvalue weighted by Gasteiger charge is -2.02. The Bertz CT molecular complexity index is 1000. The van der Waals surface area contributed by atoms with Crippen LogP contribution in [-0.4, -0.2) is 17.0 Å². The maximum absolute atomic E-state index is 11.6. The quantitative estimate of drug-likeness (QED) is 0.369. The predicted molar refractivity (Wildman–Crippen MR) is 127 cm³/mol. The van der Waals surface area contributed by atoms with Gasteiger partial charge >= 0.3 is 11.9 Å². The maximum Gasteiger partial charge on any atom is 0.330 e. The molecule has 0 heterocycles. The zero-order valence-corrected chi connectivity index (χ0v) is 18.2. The molecule has 0 radical (unpaired) electrons. The molecule has 0 atom stereocenters. The van der Waals surface area contributed by atoms with Crippen LogP contribution in [0.15, 0.2) is 109 Å². The first-order valence-electron chi connectivity index (χ1n) is 10.4. The molecule has 0 aliphatic rings. The number of rotatable bonds is 8. The van der Waals surface area contributed by atoms with Gasteiger partial charge in [-0.2, -0.15) is 0 Å². The van der Waals surface area contributed by atoms with E-state index in [0.29, 0.717) is 13.0 Å². The van der Waals surface area contributed by atoms with E-state index in [9.17, 15) is 9.59 Å². The number of ether oxygens (including phenoxy) is 1. The van der Waals surface area contributed by atoms with Crippen molar-refractivity contribution in [2.75, 3.05) is 0 Å². The zero-order valence-electron chi connectivity index (χ0n) is 18.2. The van der Waals surface area contributed by atoms with Gasteiger partial charge in [0.25, 0.3) is 0 Å². The highest BCUT2D eigenvalue weighted by molar-refractivity contribution is 5.81. The van der Waals surface area contributed by atoms with Gasteiger partial charge in [-0.05, 0) is 36.5 Å². The minimum Gasteiger partial charge on any atom is -0.478 e. The second-order valence-electron chi connectivity index (χ2n) is 7.12. The highest BCUT2D eigenvalue weighted by Gasteiger charge is 1.98. The molecule has 3 aromatic rings. The largest absolute Gasteiger partial charge is 0.478 e. The van der Waals surface area contributed by atoms with E-state index >= 15 is 0 Å². The summed E-state index contributed by atoms with van der Waals surface area (Å²) in [6.45, 7) is 2.34. The van der Waals surface area contributed by atoms with Crippen LogP contribution in [0.5, 0.6) is 0 Å². The van der Waals surface area contributed by atoms with Gasteiger partial charge in [-0.15, -0.1) is 0 Å². The van der Waals surface area contributed by atoms with Gasteiger partial charge in [0.15, 0.2) is 0 Å². The first-order chi connectivity index (χ1) is 15.5. The van der Waals surface area contributed by atoms with E-state index in [-0.39, 0.29) is 5.97 Å². The molecular weight excluding hydrogens is 400 g/mol. The van der Waals surface area contributed by atoms with Crippen LogP contribution in [-0.2, 0) is 33.8 Å². The van der Waals surface area contributed by atoms with Crippen molar-refractivity contribution >= 4 is 11.9 Å². The highest BCUT2D eigenvalue weighted by atomic mass is 16.5. The van der Waals surface area contributed by atoms with E-state index in [1.807, 2.05) is 97.9 Å². The molecule has 0 amide bonds. The SMILES string of the molecule is Cc1ccc(COC(=O)C=CCc2ccccc2)cc1.O=C(O)C=CCc1ccccc1. The predicted octanol–water partition coefficient (Wildman–Crippen LogP) is 5.71. The number of hydrogen-bond acceptors (Lipinski definition) is 3. The Morgan fingerprint density at radius 3 is 1.72 bits per heavy atom. The summed E-state index contributed by atoms with van der Waals surface area (Å²) in [6, 6.07) is 27.7. The maximum atomic E-state index is 11.6. The van der Waals surface area contributed by atoms with Crippen LogP contribution in [0.3, 0.4) is 0 Å². The molecule has 4 nitrogen and oxygen atoms in total. The third-order valence-electron chi connectivity index (χ3n) is 4.41. The smallest absolute Gasteiger partial charge is 0.330 e. The van der Waals surface area contributed by atoms with Crippen molar-refractivity contribution < 1.29 is 19.4 Å². The van der Waals surface area contributed by atoms with E-state index in [1.54, 1.807) is 6.08 Å². The first kappa shape index (κ1) is 24.4. The van der Waals surface area contributed by atoms with Crippen LogP contribution >= 0.6 is 0 Å². The van der Waals surface area contributed by atoms with Crippen molar-refractivity contribution in [1.29, 1.82) is 0 Å². The summed E-state index contributed by atoms with van der Waals surface area (Å²) in [5.74, 6) is -1.20. The van der Waals surface area contributed by atoms with Gasteiger partial charge in [-0.1, -0.05) is 103 Å². The molecule has 32 heavy (non-hydrogen) atoms. The topological polar surface area (TPSA) is 63.6 Å². The van der Waals surface area contributed by atoms with Gasteiger partial charge in [0.05, 0.1) is 0 Å². The lowest BCUT2D eigenvalue weighted by molar-refractivity contribution is -0.139. The Morgan fingerprint density at radius 2 is 1.22 bits per heavy atom.